The number of hydrogen-bond donors (Lipinski definition) is 2. The molecule has 1 rings (SSSR count). The van der Waals surface area contributed by atoms with Crippen molar-refractivity contribution in [3.05, 3.63) is 0 Å². The molecule has 1 fully saturated rings. The molecule has 0 aliphatic heterocycles. The summed E-state index contributed by atoms with van der Waals surface area (Å²) in [6, 6.07) is 0. The molecule has 0 spiro atoms. The number of guanidine groups is 1. The van der Waals surface area contributed by atoms with Gasteiger partial charge in [0.2, 0.25) is 10.0 Å². The number of rotatable bonds is 12. The maximum absolute atomic E-state index is 11.7. The molecule has 8 heteroatoms. The molecular weight excluding hydrogens is 352 g/mol. The molecule has 0 atom stereocenters. The van der Waals surface area contributed by atoms with E-state index in [-0.39, 0.29) is 5.75 Å². The van der Waals surface area contributed by atoms with E-state index < -0.39 is 10.0 Å². The van der Waals surface area contributed by atoms with E-state index in [1.807, 2.05) is 6.92 Å². The monoisotopic (exact) mass is 390 g/mol. The van der Waals surface area contributed by atoms with E-state index in [0.717, 1.165) is 38.6 Å². The lowest BCUT2D eigenvalue weighted by atomic mass is 9.83. The lowest BCUT2D eigenvalue weighted by Crippen LogP contribution is -2.44. The summed E-state index contributed by atoms with van der Waals surface area (Å²) >= 11 is 0. The van der Waals surface area contributed by atoms with Crippen molar-refractivity contribution in [2.75, 3.05) is 52.7 Å². The average molecular weight is 391 g/mol. The Hall–Kier alpha value is -0.860. The van der Waals surface area contributed by atoms with Gasteiger partial charge in [0, 0.05) is 46.9 Å². The van der Waals surface area contributed by atoms with E-state index in [1.165, 1.54) is 30.0 Å². The molecule has 0 aromatic carbocycles. The van der Waals surface area contributed by atoms with Crippen LogP contribution >= 0.6 is 0 Å². The highest BCUT2D eigenvalue weighted by atomic mass is 32.2. The van der Waals surface area contributed by atoms with Crippen molar-refractivity contribution < 1.29 is 13.2 Å². The van der Waals surface area contributed by atoms with Crippen LogP contribution in [0.1, 0.15) is 52.4 Å². The largest absolute Gasteiger partial charge is 0.382 e. The third-order valence-corrected chi connectivity index (χ3v) is 7.14. The van der Waals surface area contributed by atoms with Crippen LogP contribution in [-0.4, -0.2) is 71.4 Å². The van der Waals surface area contributed by atoms with E-state index in [1.54, 1.807) is 21.0 Å². The van der Waals surface area contributed by atoms with Gasteiger partial charge in [-0.05, 0) is 44.9 Å². The number of nitrogens with zero attached hydrogens (tertiary/aromatic N) is 2. The Bertz CT molecular complexity index is 517. The highest BCUT2D eigenvalue weighted by molar-refractivity contribution is 7.89. The minimum absolute atomic E-state index is 0.143. The van der Waals surface area contributed by atoms with Gasteiger partial charge >= 0.3 is 0 Å². The molecule has 1 aliphatic rings. The van der Waals surface area contributed by atoms with Crippen LogP contribution in [0.2, 0.25) is 0 Å². The molecule has 1 saturated carbocycles. The molecule has 0 saturated heterocycles. The summed E-state index contributed by atoms with van der Waals surface area (Å²) in [6.45, 7) is 7.41. The van der Waals surface area contributed by atoms with Gasteiger partial charge in [0.1, 0.15) is 0 Å². The zero-order chi connectivity index (χ0) is 19.5. The number of aliphatic imine (C=N–C) groups is 1. The van der Waals surface area contributed by atoms with Crippen LogP contribution in [0.5, 0.6) is 0 Å². The summed E-state index contributed by atoms with van der Waals surface area (Å²) < 4.78 is 30.5. The van der Waals surface area contributed by atoms with Crippen molar-refractivity contribution in [2.45, 2.75) is 52.4 Å². The van der Waals surface area contributed by atoms with E-state index >= 15 is 0 Å². The zero-order valence-electron chi connectivity index (χ0n) is 17.0. The molecular formula is C18H38N4O3S. The van der Waals surface area contributed by atoms with Crippen molar-refractivity contribution in [3.8, 4) is 0 Å². The first kappa shape index (κ1) is 23.2. The number of hydrogen-bond acceptors (Lipinski definition) is 4. The predicted octanol–water partition coefficient (Wildman–Crippen LogP) is 1.81. The maximum Gasteiger partial charge on any atom is 0.213 e. The van der Waals surface area contributed by atoms with Crippen LogP contribution in [0.15, 0.2) is 4.99 Å². The van der Waals surface area contributed by atoms with Gasteiger partial charge in [-0.3, -0.25) is 4.99 Å². The fourth-order valence-electron chi connectivity index (χ4n) is 3.43. The molecule has 0 radical (unpaired) electrons. The van der Waals surface area contributed by atoms with Crippen molar-refractivity contribution in [3.63, 3.8) is 0 Å². The van der Waals surface area contributed by atoms with Crippen LogP contribution in [-0.2, 0) is 14.8 Å². The van der Waals surface area contributed by atoms with Crippen molar-refractivity contribution in [2.24, 2.45) is 10.4 Å². The van der Waals surface area contributed by atoms with E-state index in [4.69, 9.17) is 4.74 Å². The second-order valence-electron chi connectivity index (χ2n) is 7.08. The fraction of sp³-hybridized carbons (Fsp3) is 0.944. The van der Waals surface area contributed by atoms with Gasteiger partial charge < -0.3 is 15.4 Å². The van der Waals surface area contributed by atoms with Crippen molar-refractivity contribution in [1.82, 2.24) is 14.9 Å². The van der Waals surface area contributed by atoms with Crippen molar-refractivity contribution >= 4 is 16.0 Å². The van der Waals surface area contributed by atoms with Gasteiger partial charge in [-0.15, -0.1) is 0 Å². The van der Waals surface area contributed by atoms with Crippen molar-refractivity contribution in [1.29, 1.82) is 0 Å². The van der Waals surface area contributed by atoms with Gasteiger partial charge in [0.05, 0.1) is 5.75 Å². The minimum Gasteiger partial charge on any atom is -0.382 e. The van der Waals surface area contributed by atoms with Crippen LogP contribution < -0.4 is 10.6 Å². The zero-order valence-corrected chi connectivity index (χ0v) is 17.8. The molecule has 154 valence electrons. The summed E-state index contributed by atoms with van der Waals surface area (Å²) in [6.07, 6.45) is 6.89. The quantitative estimate of drug-likeness (QED) is 0.302. The van der Waals surface area contributed by atoms with Crippen LogP contribution in [0.4, 0.5) is 0 Å². The molecule has 7 nitrogen and oxygen atoms in total. The van der Waals surface area contributed by atoms with Crippen LogP contribution in [0.25, 0.3) is 0 Å². The topological polar surface area (TPSA) is 83.0 Å². The predicted molar refractivity (Wildman–Crippen MR) is 108 cm³/mol. The molecule has 1 aliphatic carbocycles. The van der Waals surface area contributed by atoms with E-state index in [2.05, 4.69) is 15.6 Å². The van der Waals surface area contributed by atoms with Gasteiger partial charge in [-0.2, -0.15) is 0 Å². The minimum atomic E-state index is -3.10. The van der Waals surface area contributed by atoms with E-state index in [0.29, 0.717) is 18.5 Å². The lowest BCUT2D eigenvalue weighted by molar-refractivity contribution is 0.105. The summed E-state index contributed by atoms with van der Waals surface area (Å²) in [5, 5.41) is 6.75. The van der Waals surface area contributed by atoms with Crippen LogP contribution in [0.3, 0.4) is 0 Å². The Balaban J connectivity index is 2.35. The SMILES string of the molecule is CCOCCC1(CNC(=NC)NCCCN(C)S(=O)(=O)CC)CCCC1. The van der Waals surface area contributed by atoms with Crippen LogP contribution in [0, 0.1) is 5.41 Å². The summed E-state index contributed by atoms with van der Waals surface area (Å²) in [5.41, 5.74) is 0.308. The molecule has 2 N–H and O–H groups in total. The lowest BCUT2D eigenvalue weighted by Gasteiger charge is -2.30. The Morgan fingerprint density at radius 1 is 1.23 bits per heavy atom. The van der Waals surface area contributed by atoms with Gasteiger partial charge in [-0.1, -0.05) is 12.8 Å². The van der Waals surface area contributed by atoms with Gasteiger partial charge in [0.15, 0.2) is 5.96 Å². The second-order valence-corrected chi connectivity index (χ2v) is 9.45. The molecule has 26 heavy (non-hydrogen) atoms. The summed E-state index contributed by atoms with van der Waals surface area (Å²) in [4.78, 5) is 4.29. The first-order chi connectivity index (χ1) is 12.4. The maximum atomic E-state index is 11.7. The fourth-order valence-corrected chi connectivity index (χ4v) is 4.28. The molecule has 0 aromatic heterocycles. The van der Waals surface area contributed by atoms with E-state index in [9.17, 15) is 8.42 Å². The third kappa shape index (κ3) is 7.80. The Morgan fingerprint density at radius 3 is 2.50 bits per heavy atom. The smallest absolute Gasteiger partial charge is 0.213 e. The average Bonchev–Trinajstić information content (AvgIpc) is 3.10. The number of sulfonamides is 1. The molecule has 0 amide bonds. The molecule has 0 heterocycles. The molecule has 0 aromatic rings. The Morgan fingerprint density at radius 2 is 1.92 bits per heavy atom. The molecule has 0 unspecified atom stereocenters. The summed E-state index contributed by atoms with van der Waals surface area (Å²) in [5.74, 6) is 0.929. The molecule has 0 bridgehead atoms. The number of ether oxygens (including phenoxy) is 1. The normalized spacial score (nSPS) is 17.7. The Labute approximate surface area is 160 Å². The first-order valence-corrected chi connectivity index (χ1v) is 11.5. The highest BCUT2D eigenvalue weighted by Crippen LogP contribution is 2.40. The number of nitrogens with one attached hydrogen (secondary N) is 2. The van der Waals surface area contributed by atoms with Gasteiger partial charge in [-0.25, -0.2) is 12.7 Å². The highest BCUT2D eigenvalue weighted by Gasteiger charge is 2.33. The Kier molecular flexibility index (Phi) is 10.5. The first-order valence-electron chi connectivity index (χ1n) is 9.85. The van der Waals surface area contributed by atoms with Gasteiger partial charge in [0.25, 0.3) is 0 Å². The second kappa shape index (κ2) is 11.8. The third-order valence-electron chi connectivity index (χ3n) is 5.28. The summed E-state index contributed by atoms with van der Waals surface area (Å²) in [7, 11) is 0.304. The standard InChI is InChI=1S/C18H38N4O3S/c1-5-25-15-12-18(10-7-8-11-18)16-21-17(19-3)20-13-9-14-22(4)26(23,24)6-2/h5-16H2,1-4H3,(H2,19,20,21).